The second-order valence-electron chi connectivity index (χ2n) is 3.67. The van der Waals surface area contributed by atoms with E-state index in [0.717, 1.165) is 0 Å². The highest BCUT2D eigenvalue weighted by atomic mass is 16.6. The summed E-state index contributed by atoms with van der Waals surface area (Å²) < 4.78 is 9.97. The fourth-order valence-corrected chi connectivity index (χ4v) is 1.59. The number of nitro groups is 1. The lowest BCUT2D eigenvalue weighted by molar-refractivity contribution is -0.385. The minimum Gasteiger partial charge on any atom is -0.490 e. The van der Waals surface area contributed by atoms with Crippen LogP contribution in [-0.4, -0.2) is 17.2 Å². The molecule has 0 spiro atoms. The van der Waals surface area contributed by atoms with Gasteiger partial charge in [-0.1, -0.05) is 5.16 Å². The molecule has 1 heterocycles. The molecule has 94 valence electrons. The van der Waals surface area contributed by atoms with Crippen LogP contribution in [0.3, 0.4) is 0 Å². The average molecular weight is 249 g/mol. The maximum Gasteiger partial charge on any atom is 0.311 e. The summed E-state index contributed by atoms with van der Waals surface area (Å²) in [6.07, 6.45) is 0. The minimum atomic E-state index is -0.516. The first kappa shape index (κ1) is 11.9. The third-order valence-corrected chi connectivity index (χ3v) is 2.60. The Balaban J connectivity index is 2.57. The predicted octanol–water partition coefficient (Wildman–Crippen LogP) is 2.15. The molecule has 7 heteroatoms. The fraction of sp³-hybridized carbons (Fsp3) is 0.182. The summed E-state index contributed by atoms with van der Waals surface area (Å²) in [5.74, 6) is 0.871. The van der Waals surface area contributed by atoms with Crippen molar-refractivity contribution in [3.63, 3.8) is 0 Å². The van der Waals surface area contributed by atoms with Crippen LogP contribution in [0.15, 0.2) is 22.7 Å². The first-order valence-corrected chi connectivity index (χ1v) is 5.09. The highest BCUT2D eigenvalue weighted by Gasteiger charge is 2.19. The minimum absolute atomic E-state index is 0.135. The summed E-state index contributed by atoms with van der Waals surface area (Å²) in [6.45, 7) is 1.73. The van der Waals surface area contributed by atoms with Crippen molar-refractivity contribution in [2.24, 2.45) is 0 Å². The van der Waals surface area contributed by atoms with Gasteiger partial charge in [-0.05, 0) is 19.1 Å². The van der Waals surface area contributed by atoms with Crippen molar-refractivity contribution in [2.45, 2.75) is 6.92 Å². The van der Waals surface area contributed by atoms with Crippen LogP contribution in [0.2, 0.25) is 0 Å². The molecule has 0 aliphatic rings. The first-order valence-electron chi connectivity index (χ1n) is 5.09. The lowest BCUT2D eigenvalue weighted by Gasteiger charge is -2.03. The topological polar surface area (TPSA) is 104 Å². The smallest absolute Gasteiger partial charge is 0.311 e. The molecule has 1 aromatic carbocycles. The van der Waals surface area contributed by atoms with Gasteiger partial charge in [-0.2, -0.15) is 0 Å². The monoisotopic (exact) mass is 249 g/mol. The van der Waals surface area contributed by atoms with E-state index in [1.807, 2.05) is 0 Å². The van der Waals surface area contributed by atoms with Gasteiger partial charge in [0.15, 0.2) is 17.3 Å². The summed E-state index contributed by atoms with van der Waals surface area (Å²) in [5.41, 5.74) is 6.61. The van der Waals surface area contributed by atoms with Crippen molar-refractivity contribution in [2.75, 3.05) is 12.8 Å². The number of methoxy groups -OCH3 is 1. The number of rotatable bonds is 3. The molecule has 0 atom stereocenters. The summed E-state index contributed by atoms with van der Waals surface area (Å²) in [4.78, 5) is 10.4. The molecule has 2 N–H and O–H groups in total. The van der Waals surface area contributed by atoms with E-state index < -0.39 is 4.92 Å². The molecule has 0 unspecified atom stereocenters. The van der Waals surface area contributed by atoms with Crippen molar-refractivity contribution in [1.29, 1.82) is 0 Å². The third-order valence-electron chi connectivity index (χ3n) is 2.60. The molecule has 0 saturated heterocycles. The number of nitrogens with zero attached hydrogens (tertiary/aromatic N) is 2. The molecule has 0 aliphatic heterocycles. The molecular formula is C11H11N3O4. The van der Waals surface area contributed by atoms with Crippen LogP contribution in [0.5, 0.6) is 5.75 Å². The fourth-order valence-electron chi connectivity index (χ4n) is 1.59. The van der Waals surface area contributed by atoms with Crippen LogP contribution in [0.4, 0.5) is 11.5 Å². The number of anilines is 1. The molecule has 2 rings (SSSR count). The molecule has 0 bridgehead atoms. The SMILES string of the molecule is COc1ccc(-c2onc(N)c2C)cc1[N+](=O)[O-]. The Hall–Kier alpha value is -2.57. The van der Waals surface area contributed by atoms with Gasteiger partial charge in [0.2, 0.25) is 0 Å². The zero-order valence-corrected chi connectivity index (χ0v) is 9.84. The van der Waals surface area contributed by atoms with Crippen LogP contribution < -0.4 is 10.5 Å². The zero-order chi connectivity index (χ0) is 13.3. The quantitative estimate of drug-likeness (QED) is 0.660. The van der Waals surface area contributed by atoms with E-state index in [4.69, 9.17) is 15.0 Å². The van der Waals surface area contributed by atoms with Crippen molar-refractivity contribution >= 4 is 11.5 Å². The Morgan fingerprint density at radius 3 is 2.72 bits per heavy atom. The Kier molecular flexibility index (Phi) is 2.88. The normalized spacial score (nSPS) is 10.3. The van der Waals surface area contributed by atoms with Gasteiger partial charge in [-0.3, -0.25) is 10.1 Å². The van der Waals surface area contributed by atoms with E-state index in [1.54, 1.807) is 13.0 Å². The molecule has 0 aliphatic carbocycles. The Bertz CT molecular complexity index is 606. The zero-order valence-electron chi connectivity index (χ0n) is 9.84. The Labute approximate surface area is 102 Å². The van der Waals surface area contributed by atoms with Gasteiger partial charge in [-0.25, -0.2) is 0 Å². The van der Waals surface area contributed by atoms with Gasteiger partial charge in [0.25, 0.3) is 0 Å². The number of benzene rings is 1. The summed E-state index contributed by atoms with van der Waals surface area (Å²) in [6, 6.07) is 4.52. The summed E-state index contributed by atoms with van der Waals surface area (Å²) >= 11 is 0. The largest absolute Gasteiger partial charge is 0.490 e. The number of nitro benzene ring substituents is 1. The maximum absolute atomic E-state index is 10.9. The maximum atomic E-state index is 10.9. The van der Waals surface area contributed by atoms with Crippen molar-refractivity contribution in [1.82, 2.24) is 5.16 Å². The molecule has 0 amide bonds. The highest BCUT2D eigenvalue weighted by Crippen LogP contribution is 2.34. The third kappa shape index (κ3) is 1.86. The second-order valence-corrected chi connectivity index (χ2v) is 3.67. The van der Waals surface area contributed by atoms with Crippen LogP contribution in [0.1, 0.15) is 5.56 Å². The first-order chi connectivity index (χ1) is 8.54. The van der Waals surface area contributed by atoms with Gasteiger partial charge in [0.05, 0.1) is 12.0 Å². The summed E-state index contributed by atoms with van der Waals surface area (Å²) in [7, 11) is 1.37. The lowest BCUT2D eigenvalue weighted by atomic mass is 10.1. The van der Waals surface area contributed by atoms with Crippen molar-refractivity contribution < 1.29 is 14.2 Å². The number of ether oxygens (including phenoxy) is 1. The van der Waals surface area contributed by atoms with E-state index in [-0.39, 0.29) is 17.3 Å². The molecule has 0 radical (unpaired) electrons. The molecule has 2 aromatic rings. The standard InChI is InChI=1S/C11H11N3O4/c1-6-10(18-13-11(6)12)7-3-4-9(17-2)8(5-7)14(15)16/h3-5H,1-2H3,(H2,12,13). The van der Waals surface area contributed by atoms with Crippen LogP contribution in [0, 0.1) is 17.0 Å². The van der Waals surface area contributed by atoms with Crippen LogP contribution in [-0.2, 0) is 0 Å². The number of hydrogen-bond acceptors (Lipinski definition) is 6. The van der Waals surface area contributed by atoms with Gasteiger partial charge < -0.3 is 15.0 Å². The number of nitrogens with two attached hydrogens (primary N) is 1. The molecule has 7 nitrogen and oxygen atoms in total. The Morgan fingerprint density at radius 1 is 1.50 bits per heavy atom. The average Bonchev–Trinajstić information content (AvgIpc) is 2.69. The molecule has 0 saturated carbocycles. The molecule has 18 heavy (non-hydrogen) atoms. The number of nitrogen functional groups attached to an aromatic ring is 1. The summed E-state index contributed by atoms with van der Waals surface area (Å²) in [5, 5.41) is 14.5. The molecule has 0 fully saturated rings. The second kappa shape index (κ2) is 4.36. The van der Waals surface area contributed by atoms with Crippen LogP contribution >= 0.6 is 0 Å². The molecular weight excluding hydrogens is 238 g/mol. The van der Waals surface area contributed by atoms with Gasteiger partial charge in [-0.15, -0.1) is 0 Å². The lowest BCUT2D eigenvalue weighted by Crippen LogP contribution is -1.94. The highest BCUT2D eigenvalue weighted by molar-refractivity contribution is 5.69. The van der Waals surface area contributed by atoms with Gasteiger partial charge in [0, 0.05) is 17.2 Å². The Morgan fingerprint density at radius 2 is 2.22 bits per heavy atom. The predicted molar refractivity (Wildman–Crippen MR) is 64.3 cm³/mol. The van der Waals surface area contributed by atoms with Crippen LogP contribution in [0.25, 0.3) is 11.3 Å². The van der Waals surface area contributed by atoms with E-state index in [9.17, 15) is 10.1 Å². The van der Waals surface area contributed by atoms with Crippen molar-refractivity contribution in [3.8, 4) is 17.1 Å². The van der Waals surface area contributed by atoms with E-state index in [0.29, 0.717) is 16.9 Å². The van der Waals surface area contributed by atoms with E-state index in [1.165, 1.54) is 19.2 Å². The number of hydrogen-bond donors (Lipinski definition) is 1. The van der Waals surface area contributed by atoms with Gasteiger partial charge >= 0.3 is 5.69 Å². The van der Waals surface area contributed by atoms with E-state index in [2.05, 4.69) is 5.16 Å². The van der Waals surface area contributed by atoms with Crippen molar-refractivity contribution in [3.05, 3.63) is 33.9 Å². The van der Waals surface area contributed by atoms with Gasteiger partial charge in [0.1, 0.15) is 0 Å². The van der Waals surface area contributed by atoms with E-state index >= 15 is 0 Å². The molecule has 1 aromatic heterocycles. The number of aromatic nitrogens is 1.